The quantitative estimate of drug-likeness (QED) is 0.0889. The number of fused-ring (bicyclic) bond motifs is 8. The van der Waals surface area contributed by atoms with Crippen LogP contribution >= 0.6 is 0 Å². The molecule has 19 atom stereocenters. The number of methoxy groups -OCH3 is 1. The summed E-state index contributed by atoms with van der Waals surface area (Å²) in [5.74, 6) is 1.39. The summed E-state index contributed by atoms with van der Waals surface area (Å²) in [6.07, 6.45) is 5.23. The van der Waals surface area contributed by atoms with E-state index in [1.807, 2.05) is 0 Å². The molecule has 6 rings (SSSR count). The zero-order valence-corrected chi connectivity index (χ0v) is 43.6. The molecule has 0 aromatic carbocycles. The molecule has 386 valence electrons. The van der Waals surface area contributed by atoms with Gasteiger partial charge in [0.05, 0.1) is 51.8 Å². The van der Waals surface area contributed by atoms with Gasteiger partial charge in [0.15, 0.2) is 0 Å². The molecule has 1 aliphatic carbocycles. The third-order valence-electron chi connectivity index (χ3n) is 17.0. The Morgan fingerprint density at radius 1 is 0.642 bits per heavy atom. The summed E-state index contributed by atoms with van der Waals surface area (Å²) in [6, 6.07) is 2.00. The topological polar surface area (TPSA) is 178 Å². The van der Waals surface area contributed by atoms with Crippen molar-refractivity contribution in [1.29, 1.82) is 0 Å². The molecule has 0 spiro atoms. The van der Waals surface area contributed by atoms with Crippen LogP contribution in [0.1, 0.15) is 128 Å². The number of nitrogens with zero attached hydrogens (tertiary/aromatic N) is 1. The van der Waals surface area contributed by atoms with Crippen molar-refractivity contribution in [1.82, 2.24) is 26.2 Å². The third-order valence-corrected chi connectivity index (χ3v) is 17.0. The van der Waals surface area contributed by atoms with Crippen molar-refractivity contribution in [3.8, 4) is 0 Å². The summed E-state index contributed by atoms with van der Waals surface area (Å²) in [4.78, 5) is 41.9. The van der Waals surface area contributed by atoms with E-state index in [1.54, 1.807) is 48.7 Å². The second-order valence-electron chi connectivity index (χ2n) is 23.6. The van der Waals surface area contributed by atoms with Crippen LogP contribution in [0.5, 0.6) is 0 Å². The highest BCUT2D eigenvalue weighted by atomic mass is 16.6. The maximum absolute atomic E-state index is 14.3. The summed E-state index contributed by atoms with van der Waals surface area (Å²) >= 11 is 0. The van der Waals surface area contributed by atoms with E-state index in [4.69, 9.17) is 28.4 Å². The van der Waals surface area contributed by atoms with Gasteiger partial charge in [0.25, 0.3) is 0 Å². The van der Waals surface area contributed by atoms with E-state index < -0.39 is 29.2 Å². The molecule has 1 amide bonds. The first kappa shape index (κ1) is 54.4. The lowest BCUT2D eigenvalue weighted by Crippen LogP contribution is -2.49. The Kier molecular flexibility index (Phi) is 19.1. The average Bonchev–Trinajstić information content (AvgIpc) is 3.99. The molecule has 5 aliphatic heterocycles. The lowest BCUT2D eigenvalue weighted by atomic mass is 9.76. The van der Waals surface area contributed by atoms with Gasteiger partial charge >= 0.3 is 11.9 Å². The Morgan fingerprint density at radius 2 is 1.15 bits per heavy atom. The molecule has 5 heterocycles. The van der Waals surface area contributed by atoms with Crippen LogP contribution in [0.3, 0.4) is 0 Å². The number of ether oxygens (including phenoxy) is 6. The van der Waals surface area contributed by atoms with Crippen molar-refractivity contribution >= 4 is 17.8 Å². The Morgan fingerprint density at radius 3 is 1.76 bits per heavy atom. The number of amides is 1. The van der Waals surface area contributed by atoms with Crippen molar-refractivity contribution in [3.63, 3.8) is 0 Å². The number of aliphatic hydroxyl groups is 1. The molecule has 6 fully saturated rings. The van der Waals surface area contributed by atoms with Gasteiger partial charge in [-0.2, -0.15) is 0 Å². The van der Waals surface area contributed by atoms with Crippen molar-refractivity contribution in [2.24, 2.45) is 53.3 Å². The van der Waals surface area contributed by atoms with E-state index in [2.05, 4.69) is 62.8 Å². The fourth-order valence-electron chi connectivity index (χ4n) is 13.9. The lowest BCUT2D eigenvalue weighted by molar-refractivity contribution is -0.164. The molecule has 15 heteroatoms. The van der Waals surface area contributed by atoms with Gasteiger partial charge in [-0.3, -0.25) is 14.4 Å². The first-order valence-corrected chi connectivity index (χ1v) is 26.3. The fourth-order valence-corrected chi connectivity index (χ4v) is 13.9. The molecule has 8 bridgehead atoms. The standard InChI is InChI=1S/C52H93N5O10/c1-14-34-29(2)37-26-42-47(33(6)65-22-21-64-20-19-63-18-17-62-13)31(4)39(54-42)24-38-30(3)35(49(55-38)36-23-43(58)48-32(5)40(56-50(36)48)25-41(34)53-37)15-16-44(59)57(27-45(60)66-51(7,8)9)28-46(61)67-52(10,11)12/h29-43,47-50,53-56,58H,14-28H2,1-13H3. The van der Waals surface area contributed by atoms with E-state index in [-0.39, 0.29) is 91.4 Å². The average molecular weight is 948 g/mol. The van der Waals surface area contributed by atoms with Crippen LogP contribution in [0.25, 0.3) is 0 Å². The van der Waals surface area contributed by atoms with Crippen molar-refractivity contribution in [2.75, 3.05) is 59.8 Å². The van der Waals surface area contributed by atoms with Gasteiger partial charge in [0.2, 0.25) is 5.91 Å². The van der Waals surface area contributed by atoms with Crippen LogP contribution in [0.15, 0.2) is 0 Å². The van der Waals surface area contributed by atoms with Crippen molar-refractivity contribution in [2.45, 2.75) is 200 Å². The zero-order valence-electron chi connectivity index (χ0n) is 43.6. The fraction of sp³-hybridized carbons (Fsp3) is 0.942. The molecule has 67 heavy (non-hydrogen) atoms. The number of rotatable bonds is 19. The SMILES string of the molecule is CCC1C2CC3NC4C(CC(O)C4C3C)C3NC(CC4NC(CC(N2)C1C)C(C(C)OCCOCCOCCOC)C4C)C(C)C3CCC(=O)N(CC(=O)OC(C)(C)C)CC(=O)OC(C)(C)C. The van der Waals surface area contributed by atoms with Crippen LogP contribution in [0.4, 0.5) is 0 Å². The molecule has 5 N–H and O–H groups in total. The Labute approximate surface area is 403 Å². The minimum atomic E-state index is -0.741. The molecular formula is C52H93N5O10. The van der Waals surface area contributed by atoms with E-state index in [0.717, 1.165) is 25.7 Å². The number of nitrogens with one attached hydrogen (secondary N) is 4. The van der Waals surface area contributed by atoms with Crippen LogP contribution in [-0.2, 0) is 42.8 Å². The number of aliphatic hydroxyl groups excluding tert-OH is 1. The largest absolute Gasteiger partial charge is 0.459 e. The summed E-state index contributed by atoms with van der Waals surface area (Å²) in [7, 11) is 1.67. The molecule has 5 saturated heterocycles. The minimum Gasteiger partial charge on any atom is -0.459 e. The maximum Gasteiger partial charge on any atom is 0.326 e. The van der Waals surface area contributed by atoms with Crippen LogP contribution in [-0.4, -0.2) is 159 Å². The number of esters is 2. The van der Waals surface area contributed by atoms with E-state index in [9.17, 15) is 19.5 Å². The first-order chi connectivity index (χ1) is 31.6. The Hall–Kier alpha value is -1.95. The van der Waals surface area contributed by atoms with Crippen LogP contribution in [0, 0.1) is 53.3 Å². The molecule has 0 radical (unpaired) electrons. The predicted octanol–water partition coefficient (Wildman–Crippen LogP) is 4.71. The smallest absolute Gasteiger partial charge is 0.326 e. The van der Waals surface area contributed by atoms with Crippen molar-refractivity contribution in [3.05, 3.63) is 0 Å². The maximum atomic E-state index is 14.3. The number of carbonyl (C=O) groups is 3. The lowest BCUT2D eigenvalue weighted by Gasteiger charge is -2.33. The van der Waals surface area contributed by atoms with Gasteiger partial charge < -0.3 is 59.7 Å². The summed E-state index contributed by atoms with van der Waals surface area (Å²) < 4.78 is 34.4. The number of hydrogen-bond acceptors (Lipinski definition) is 14. The van der Waals surface area contributed by atoms with E-state index >= 15 is 0 Å². The number of hydrogen-bond donors (Lipinski definition) is 5. The highest BCUT2D eigenvalue weighted by Gasteiger charge is 2.59. The molecule has 1 saturated carbocycles. The number of carbonyl (C=O) groups excluding carboxylic acids is 3. The molecule has 19 unspecified atom stereocenters. The third kappa shape index (κ3) is 13.7. The van der Waals surface area contributed by atoms with Crippen LogP contribution in [0.2, 0.25) is 0 Å². The molecular weight excluding hydrogens is 855 g/mol. The molecule has 0 aromatic rings. The van der Waals surface area contributed by atoms with Gasteiger partial charge in [-0.25, -0.2) is 0 Å². The zero-order chi connectivity index (χ0) is 49.0. The summed E-state index contributed by atoms with van der Waals surface area (Å²) in [6.45, 7) is 27.5. The van der Waals surface area contributed by atoms with Gasteiger partial charge in [0, 0.05) is 73.7 Å². The van der Waals surface area contributed by atoms with E-state index in [0.29, 0.717) is 94.2 Å². The predicted molar refractivity (Wildman–Crippen MR) is 258 cm³/mol. The van der Waals surface area contributed by atoms with Crippen LogP contribution < -0.4 is 21.3 Å². The second-order valence-corrected chi connectivity index (χ2v) is 23.6. The van der Waals surface area contributed by atoms with Crippen molar-refractivity contribution < 1.29 is 47.9 Å². The normalized spacial score (nSPS) is 38.8. The monoisotopic (exact) mass is 948 g/mol. The summed E-state index contributed by atoms with van der Waals surface area (Å²) in [5, 5.41) is 28.8. The Balaban J connectivity index is 1.24. The highest BCUT2D eigenvalue weighted by Crippen LogP contribution is 2.51. The molecule has 6 aliphatic rings. The first-order valence-electron chi connectivity index (χ1n) is 26.3. The minimum absolute atomic E-state index is 0.0260. The van der Waals surface area contributed by atoms with Gasteiger partial charge in [-0.1, -0.05) is 41.0 Å². The molecule has 0 aromatic heterocycles. The van der Waals surface area contributed by atoms with Gasteiger partial charge in [0.1, 0.15) is 24.3 Å². The second kappa shape index (κ2) is 23.5. The van der Waals surface area contributed by atoms with E-state index in [1.165, 1.54) is 4.90 Å². The van der Waals surface area contributed by atoms with Gasteiger partial charge in [-0.15, -0.1) is 0 Å². The molecule has 15 nitrogen and oxygen atoms in total. The van der Waals surface area contributed by atoms with Gasteiger partial charge in [-0.05, 0) is 122 Å². The highest BCUT2D eigenvalue weighted by molar-refractivity contribution is 5.86. The summed E-state index contributed by atoms with van der Waals surface area (Å²) in [5.41, 5.74) is -1.48. The Bertz CT molecular complexity index is 1580.